The lowest BCUT2D eigenvalue weighted by Crippen LogP contribution is -2.18. The van der Waals surface area contributed by atoms with Crippen molar-refractivity contribution in [1.29, 1.82) is 0 Å². The number of oxime groups is 1. The van der Waals surface area contributed by atoms with Crippen LogP contribution in [0.5, 0.6) is 0 Å². The van der Waals surface area contributed by atoms with Gasteiger partial charge in [0, 0.05) is 23.5 Å². The van der Waals surface area contributed by atoms with Crippen LogP contribution in [0, 0.1) is 0 Å². The summed E-state index contributed by atoms with van der Waals surface area (Å²) in [5.41, 5.74) is 1.64. The predicted octanol–water partition coefficient (Wildman–Crippen LogP) is 4.17. The van der Waals surface area contributed by atoms with Crippen molar-refractivity contribution in [2.45, 2.75) is 0 Å². The molecule has 2 aromatic carbocycles. The Hall–Kier alpha value is -4.45. The SMILES string of the molecule is O=C(c1ccccc1)c1cccnc1C(=NO)c1ncccc1C(=O)c1ccccc1. The third-order valence-electron chi connectivity index (χ3n) is 4.73. The molecule has 31 heavy (non-hydrogen) atoms. The fourth-order valence-electron chi connectivity index (χ4n) is 3.25. The maximum Gasteiger partial charge on any atom is 0.195 e. The second-order valence-corrected chi connectivity index (χ2v) is 6.64. The summed E-state index contributed by atoms with van der Waals surface area (Å²) in [7, 11) is 0. The molecule has 6 nitrogen and oxygen atoms in total. The molecule has 0 aliphatic heterocycles. The lowest BCUT2D eigenvalue weighted by molar-refractivity contribution is 0.103. The molecule has 4 aromatic rings. The predicted molar refractivity (Wildman–Crippen MR) is 116 cm³/mol. The van der Waals surface area contributed by atoms with Gasteiger partial charge in [0.05, 0.1) is 11.1 Å². The Labute approximate surface area is 178 Å². The van der Waals surface area contributed by atoms with Crippen molar-refractivity contribution < 1.29 is 14.8 Å². The largest absolute Gasteiger partial charge is 0.410 e. The fourth-order valence-corrected chi connectivity index (χ4v) is 3.25. The molecule has 6 heteroatoms. The quantitative estimate of drug-likeness (QED) is 0.224. The highest BCUT2D eigenvalue weighted by molar-refractivity contribution is 6.23. The summed E-state index contributed by atoms with van der Waals surface area (Å²) in [6.07, 6.45) is 2.98. The molecule has 0 aliphatic carbocycles. The van der Waals surface area contributed by atoms with E-state index in [0.717, 1.165) is 0 Å². The summed E-state index contributed by atoms with van der Waals surface area (Å²) in [5.74, 6) is -0.562. The van der Waals surface area contributed by atoms with Gasteiger partial charge < -0.3 is 5.21 Å². The van der Waals surface area contributed by atoms with Crippen LogP contribution in [0.2, 0.25) is 0 Å². The fraction of sp³-hybridized carbons (Fsp3) is 0. The number of aromatic nitrogens is 2. The number of ketones is 2. The molecule has 0 radical (unpaired) electrons. The zero-order valence-corrected chi connectivity index (χ0v) is 16.3. The Morgan fingerprint density at radius 2 is 1.03 bits per heavy atom. The first-order chi connectivity index (χ1) is 15.2. The van der Waals surface area contributed by atoms with Gasteiger partial charge in [0.1, 0.15) is 11.4 Å². The van der Waals surface area contributed by atoms with E-state index in [-0.39, 0.29) is 39.8 Å². The molecule has 0 fully saturated rings. The summed E-state index contributed by atoms with van der Waals surface area (Å²) >= 11 is 0. The first kappa shape index (κ1) is 19.8. The van der Waals surface area contributed by atoms with Crippen LogP contribution in [0.15, 0.2) is 102 Å². The first-order valence-electron chi connectivity index (χ1n) is 9.53. The molecule has 0 saturated heterocycles. The van der Waals surface area contributed by atoms with Crippen LogP contribution in [0.3, 0.4) is 0 Å². The van der Waals surface area contributed by atoms with Gasteiger partial charge in [-0.2, -0.15) is 0 Å². The van der Waals surface area contributed by atoms with E-state index >= 15 is 0 Å². The molecule has 0 bridgehead atoms. The molecule has 0 aliphatic rings. The van der Waals surface area contributed by atoms with Crippen molar-refractivity contribution >= 4 is 17.3 Å². The molecular formula is C25H17N3O3. The monoisotopic (exact) mass is 407 g/mol. The minimum atomic E-state index is -0.281. The summed E-state index contributed by atoms with van der Waals surface area (Å²) in [6.45, 7) is 0. The number of rotatable bonds is 6. The Bertz CT molecular complexity index is 1170. The van der Waals surface area contributed by atoms with Gasteiger partial charge in [-0.1, -0.05) is 65.8 Å². The summed E-state index contributed by atoms with van der Waals surface area (Å²) in [6, 6.07) is 23.9. The lowest BCUT2D eigenvalue weighted by atomic mass is 9.95. The highest BCUT2D eigenvalue weighted by Crippen LogP contribution is 2.20. The molecule has 1 N–H and O–H groups in total. The normalized spacial score (nSPS) is 10.3. The van der Waals surface area contributed by atoms with Gasteiger partial charge in [-0.25, -0.2) is 0 Å². The number of hydrogen-bond acceptors (Lipinski definition) is 6. The maximum atomic E-state index is 13.1. The molecule has 0 amide bonds. The van der Waals surface area contributed by atoms with Crippen molar-refractivity contribution in [3.05, 3.63) is 131 Å². The molecule has 0 atom stereocenters. The average molecular weight is 407 g/mol. The molecule has 4 rings (SSSR count). The smallest absolute Gasteiger partial charge is 0.195 e. The zero-order chi connectivity index (χ0) is 21.6. The molecule has 0 spiro atoms. The van der Waals surface area contributed by atoms with E-state index in [1.165, 1.54) is 12.4 Å². The molecule has 0 unspecified atom stereocenters. The number of carbonyl (C=O) groups is 2. The van der Waals surface area contributed by atoms with Gasteiger partial charge in [0.2, 0.25) is 0 Å². The first-order valence-corrected chi connectivity index (χ1v) is 9.53. The van der Waals surface area contributed by atoms with Crippen LogP contribution >= 0.6 is 0 Å². The third kappa shape index (κ3) is 4.00. The van der Waals surface area contributed by atoms with E-state index < -0.39 is 0 Å². The highest BCUT2D eigenvalue weighted by atomic mass is 16.4. The van der Waals surface area contributed by atoms with E-state index in [0.29, 0.717) is 11.1 Å². The lowest BCUT2D eigenvalue weighted by Gasteiger charge is -2.12. The maximum absolute atomic E-state index is 13.1. The van der Waals surface area contributed by atoms with Crippen LogP contribution in [0.4, 0.5) is 0 Å². The van der Waals surface area contributed by atoms with E-state index in [9.17, 15) is 14.8 Å². The highest BCUT2D eigenvalue weighted by Gasteiger charge is 2.25. The second-order valence-electron chi connectivity index (χ2n) is 6.64. The van der Waals surface area contributed by atoms with Gasteiger partial charge in [0.25, 0.3) is 0 Å². The minimum Gasteiger partial charge on any atom is -0.410 e. The summed E-state index contributed by atoms with van der Waals surface area (Å²) in [4.78, 5) is 34.8. The minimum absolute atomic E-state index is 0.0558. The van der Waals surface area contributed by atoms with Gasteiger partial charge in [-0.05, 0) is 24.3 Å². The van der Waals surface area contributed by atoms with E-state index in [4.69, 9.17) is 0 Å². The van der Waals surface area contributed by atoms with E-state index in [2.05, 4.69) is 15.1 Å². The molecule has 0 saturated carbocycles. The zero-order valence-electron chi connectivity index (χ0n) is 16.3. The number of hydrogen-bond donors (Lipinski definition) is 1. The van der Waals surface area contributed by atoms with Crippen molar-refractivity contribution in [3.8, 4) is 0 Å². The van der Waals surface area contributed by atoms with Gasteiger partial charge in [0.15, 0.2) is 17.3 Å². The van der Waals surface area contributed by atoms with E-state index in [1.807, 2.05) is 12.1 Å². The van der Waals surface area contributed by atoms with Gasteiger partial charge in [-0.3, -0.25) is 19.6 Å². The van der Waals surface area contributed by atoms with Gasteiger partial charge >= 0.3 is 0 Å². The second kappa shape index (κ2) is 8.92. The average Bonchev–Trinajstić information content (AvgIpc) is 2.85. The Kier molecular flexibility index (Phi) is 5.71. The number of pyridine rings is 2. The van der Waals surface area contributed by atoms with Crippen molar-refractivity contribution in [3.63, 3.8) is 0 Å². The molecular weight excluding hydrogens is 390 g/mol. The van der Waals surface area contributed by atoms with Crippen LogP contribution in [0.25, 0.3) is 0 Å². The van der Waals surface area contributed by atoms with Gasteiger partial charge in [-0.15, -0.1) is 0 Å². The van der Waals surface area contributed by atoms with Crippen LogP contribution in [-0.4, -0.2) is 32.5 Å². The summed E-state index contributed by atoms with van der Waals surface area (Å²) in [5, 5.41) is 13.3. The van der Waals surface area contributed by atoms with Crippen molar-refractivity contribution in [2.75, 3.05) is 0 Å². The van der Waals surface area contributed by atoms with Crippen LogP contribution < -0.4 is 0 Å². The van der Waals surface area contributed by atoms with Crippen molar-refractivity contribution in [2.24, 2.45) is 5.16 Å². The number of nitrogens with zero attached hydrogens (tertiary/aromatic N) is 3. The molecule has 2 heterocycles. The summed E-state index contributed by atoms with van der Waals surface area (Å²) < 4.78 is 0. The Morgan fingerprint density at radius 3 is 1.42 bits per heavy atom. The standard InChI is InChI=1S/C25H17N3O3/c29-24(17-9-3-1-4-10-17)19-13-7-15-26-21(19)23(28-31)22-20(14-8-16-27-22)25(30)18-11-5-2-6-12-18/h1-16,31H. The van der Waals surface area contributed by atoms with E-state index in [1.54, 1.807) is 72.8 Å². The van der Waals surface area contributed by atoms with Crippen LogP contribution in [0.1, 0.15) is 43.2 Å². The van der Waals surface area contributed by atoms with Crippen LogP contribution in [-0.2, 0) is 0 Å². The number of carbonyl (C=O) groups excluding carboxylic acids is 2. The molecule has 150 valence electrons. The Balaban J connectivity index is 1.83. The topological polar surface area (TPSA) is 92.5 Å². The number of benzene rings is 2. The molecule has 2 aromatic heterocycles. The third-order valence-corrected chi connectivity index (χ3v) is 4.73. The van der Waals surface area contributed by atoms with Crippen molar-refractivity contribution in [1.82, 2.24) is 9.97 Å². The Morgan fingerprint density at radius 1 is 0.613 bits per heavy atom.